The van der Waals surface area contributed by atoms with Crippen molar-refractivity contribution in [2.75, 3.05) is 13.6 Å². The minimum Gasteiger partial charge on any atom is -0.356 e. The number of nitrogens with one attached hydrogen (secondary N) is 2. The van der Waals surface area contributed by atoms with E-state index in [0.29, 0.717) is 12.5 Å². The van der Waals surface area contributed by atoms with Crippen LogP contribution < -0.4 is 15.8 Å². The average molecular weight is 551 g/mol. The van der Waals surface area contributed by atoms with E-state index in [-0.39, 0.29) is 34.3 Å². The number of hydrogen-bond acceptors (Lipinski definition) is 3. The van der Waals surface area contributed by atoms with E-state index in [4.69, 9.17) is 16.7 Å². The highest BCUT2D eigenvalue weighted by Crippen LogP contribution is 2.22. The van der Waals surface area contributed by atoms with Crippen LogP contribution in [0.5, 0.6) is 0 Å². The lowest BCUT2D eigenvalue weighted by Gasteiger charge is -2.26. The third-order valence-electron chi connectivity index (χ3n) is 4.24. The largest absolute Gasteiger partial charge is 0.356 e. The van der Waals surface area contributed by atoms with Gasteiger partial charge in [0.1, 0.15) is 0 Å². The number of nitrogens with two attached hydrogens (primary N) is 1. The van der Waals surface area contributed by atoms with Gasteiger partial charge in [0.15, 0.2) is 5.96 Å². The number of halogens is 2. The molecule has 0 fully saturated rings. The van der Waals surface area contributed by atoms with Crippen LogP contribution in [0.1, 0.15) is 25.0 Å². The third-order valence-corrected chi connectivity index (χ3v) is 5.41. The molecule has 0 aromatic heterocycles. The Labute approximate surface area is 195 Å². The van der Waals surface area contributed by atoms with Gasteiger partial charge < -0.3 is 10.6 Å². The molecule has 6 nitrogen and oxygen atoms in total. The van der Waals surface area contributed by atoms with Crippen LogP contribution in [0, 0.1) is 5.41 Å². The zero-order valence-electron chi connectivity index (χ0n) is 16.8. The van der Waals surface area contributed by atoms with E-state index in [2.05, 4.69) is 35.5 Å². The number of rotatable bonds is 7. The van der Waals surface area contributed by atoms with Crippen molar-refractivity contribution >= 4 is 51.6 Å². The lowest BCUT2D eigenvalue weighted by atomic mass is 9.86. The molecule has 0 saturated carbocycles. The van der Waals surface area contributed by atoms with Crippen molar-refractivity contribution in [3.8, 4) is 0 Å². The van der Waals surface area contributed by atoms with E-state index in [0.717, 1.165) is 23.6 Å². The number of nitrogens with zero attached hydrogens (tertiary/aromatic N) is 1. The monoisotopic (exact) mass is 550 g/mol. The van der Waals surface area contributed by atoms with Gasteiger partial charge in [0, 0.05) is 25.2 Å². The normalized spacial score (nSPS) is 12.2. The number of aliphatic imine (C=N–C) groups is 1. The van der Waals surface area contributed by atoms with E-state index < -0.39 is 10.0 Å². The molecule has 160 valence electrons. The number of benzene rings is 2. The van der Waals surface area contributed by atoms with Crippen LogP contribution >= 0.6 is 35.6 Å². The number of primary sulfonamides is 1. The molecular formula is C20H28ClIN4O2S. The molecule has 0 spiro atoms. The van der Waals surface area contributed by atoms with Crippen LogP contribution in [0.2, 0.25) is 5.02 Å². The summed E-state index contributed by atoms with van der Waals surface area (Å²) in [5, 5.41) is 12.4. The van der Waals surface area contributed by atoms with Crippen LogP contribution in [0.25, 0.3) is 0 Å². The van der Waals surface area contributed by atoms with Gasteiger partial charge in [-0.15, -0.1) is 24.0 Å². The number of hydrogen-bond donors (Lipinski definition) is 3. The van der Waals surface area contributed by atoms with Gasteiger partial charge in [0.25, 0.3) is 0 Å². The van der Waals surface area contributed by atoms with Gasteiger partial charge >= 0.3 is 0 Å². The van der Waals surface area contributed by atoms with Crippen molar-refractivity contribution < 1.29 is 8.42 Å². The SMILES string of the molecule is CN=C(NCc1ccc(S(N)(=O)=O)cc1)NCC(C)(C)Cc1cccc(Cl)c1.I. The third kappa shape index (κ3) is 8.90. The minimum absolute atomic E-state index is 0. The molecule has 0 atom stereocenters. The standard InChI is InChI=1S/C20H27ClN4O2S.HI/c1-20(2,12-16-5-4-6-17(21)11-16)14-25-19(23-3)24-13-15-7-9-18(10-8-15)28(22,26)27;/h4-11H,12-14H2,1-3H3,(H2,22,26,27)(H2,23,24,25);1H. The fraction of sp³-hybridized carbons (Fsp3) is 0.350. The highest BCUT2D eigenvalue weighted by Gasteiger charge is 2.19. The highest BCUT2D eigenvalue weighted by atomic mass is 127. The first kappa shape index (κ1) is 25.7. The van der Waals surface area contributed by atoms with Gasteiger partial charge in [0.2, 0.25) is 10.0 Å². The Morgan fingerprint density at radius 3 is 2.31 bits per heavy atom. The maximum Gasteiger partial charge on any atom is 0.238 e. The summed E-state index contributed by atoms with van der Waals surface area (Å²) in [5.41, 5.74) is 2.12. The van der Waals surface area contributed by atoms with Crippen molar-refractivity contribution in [3.05, 3.63) is 64.7 Å². The molecule has 0 radical (unpaired) electrons. The molecule has 4 N–H and O–H groups in total. The van der Waals surface area contributed by atoms with E-state index in [9.17, 15) is 8.42 Å². The molecular weight excluding hydrogens is 523 g/mol. The van der Waals surface area contributed by atoms with E-state index >= 15 is 0 Å². The highest BCUT2D eigenvalue weighted by molar-refractivity contribution is 14.0. The molecule has 2 rings (SSSR count). The predicted octanol–water partition coefficient (Wildman–Crippen LogP) is 3.54. The zero-order valence-corrected chi connectivity index (χ0v) is 20.7. The first-order chi connectivity index (χ1) is 13.1. The van der Waals surface area contributed by atoms with Crippen LogP contribution in [0.4, 0.5) is 0 Å². The first-order valence-corrected chi connectivity index (χ1v) is 10.8. The number of sulfonamides is 1. The summed E-state index contributed by atoms with van der Waals surface area (Å²) in [4.78, 5) is 4.34. The van der Waals surface area contributed by atoms with Crippen LogP contribution in [-0.2, 0) is 23.0 Å². The van der Waals surface area contributed by atoms with Gasteiger partial charge in [-0.2, -0.15) is 0 Å². The predicted molar refractivity (Wildman–Crippen MR) is 130 cm³/mol. The Morgan fingerprint density at radius 2 is 1.76 bits per heavy atom. The number of guanidine groups is 1. The Morgan fingerprint density at radius 1 is 1.10 bits per heavy atom. The summed E-state index contributed by atoms with van der Waals surface area (Å²) in [6.45, 7) is 5.60. The second-order valence-corrected chi connectivity index (χ2v) is 9.44. The molecule has 0 aliphatic carbocycles. The topological polar surface area (TPSA) is 96.6 Å². The zero-order chi connectivity index (χ0) is 20.8. The summed E-state index contributed by atoms with van der Waals surface area (Å²) in [6.07, 6.45) is 0.882. The van der Waals surface area contributed by atoms with E-state index in [1.807, 2.05) is 18.2 Å². The van der Waals surface area contributed by atoms with Gasteiger partial charge in [-0.3, -0.25) is 4.99 Å². The summed E-state index contributed by atoms with van der Waals surface area (Å²) < 4.78 is 22.6. The molecule has 0 unspecified atom stereocenters. The maximum absolute atomic E-state index is 11.3. The molecule has 0 heterocycles. The second kappa shape index (κ2) is 11.1. The summed E-state index contributed by atoms with van der Waals surface area (Å²) >= 11 is 6.07. The molecule has 0 amide bonds. The maximum atomic E-state index is 11.3. The lowest BCUT2D eigenvalue weighted by Crippen LogP contribution is -2.42. The molecule has 2 aromatic carbocycles. The summed E-state index contributed by atoms with van der Waals surface area (Å²) in [6, 6.07) is 14.3. The Bertz CT molecular complexity index is 932. The van der Waals surface area contributed by atoms with Crippen LogP contribution in [0.3, 0.4) is 0 Å². The van der Waals surface area contributed by atoms with E-state index in [1.165, 1.54) is 17.7 Å². The Hall–Kier alpha value is -1.36. The Balaban J connectivity index is 0.00000420. The van der Waals surface area contributed by atoms with Crippen molar-refractivity contribution in [2.24, 2.45) is 15.5 Å². The molecule has 0 aliphatic heterocycles. The van der Waals surface area contributed by atoms with Crippen molar-refractivity contribution in [2.45, 2.75) is 31.7 Å². The molecule has 0 saturated heterocycles. The Kier molecular flexibility index (Phi) is 9.87. The van der Waals surface area contributed by atoms with E-state index in [1.54, 1.807) is 19.2 Å². The molecule has 9 heteroatoms. The van der Waals surface area contributed by atoms with Gasteiger partial charge in [-0.25, -0.2) is 13.6 Å². The molecule has 2 aromatic rings. The van der Waals surface area contributed by atoms with Gasteiger partial charge in [0.05, 0.1) is 4.90 Å². The summed E-state index contributed by atoms with van der Waals surface area (Å²) in [7, 11) is -1.96. The van der Waals surface area contributed by atoms with Gasteiger partial charge in [-0.05, 0) is 47.2 Å². The van der Waals surface area contributed by atoms with Crippen LogP contribution in [-0.4, -0.2) is 28.0 Å². The van der Waals surface area contributed by atoms with Crippen molar-refractivity contribution in [1.82, 2.24) is 10.6 Å². The molecule has 0 aliphatic rings. The fourth-order valence-electron chi connectivity index (χ4n) is 2.79. The first-order valence-electron chi connectivity index (χ1n) is 8.90. The molecule has 0 bridgehead atoms. The van der Waals surface area contributed by atoms with Crippen LogP contribution in [0.15, 0.2) is 58.4 Å². The second-order valence-electron chi connectivity index (χ2n) is 7.44. The lowest BCUT2D eigenvalue weighted by molar-refractivity contribution is 0.359. The smallest absolute Gasteiger partial charge is 0.238 e. The van der Waals surface area contributed by atoms with Gasteiger partial charge in [-0.1, -0.05) is 49.7 Å². The van der Waals surface area contributed by atoms with Crippen molar-refractivity contribution in [1.29, 1.82) is 0 Å². The quantitative estimate of drug-likeness (QED) is 0.279. The minimum atomic E-state index is -3.67. The average Bonchev–Trinajstić information content (AvgIpc) is 2.61. The van der Waals surface area contributed by atoms with Crippen molar-refractivity contribution in [3.63, 3.8) is 0 Å². The summed E-state index contributed by atoms with van der Waals surface area (Å²) in [5.74, 6) is 0.676. The fourth-order valence-corrected chi connectivity index (χ4v) is 3.52. The molecule has 29 heavy (non-hydrogen) atoms.